The van der Waals surface area contributed by atoms with Gasteiger partial charge in [0, 0.05) is 20.0 Å². The highest BCUT2D eigenvalue weighted by molar-refractivity contribution is 9.10. The van der Waals surface area contributed by atoms with Gasteiger partial charge in [-0.15, -0.1) is 23.1 Å². The molecular weight excluding hydrogens is 300 g/mol. The molecule has 0 radical (unpaired) electrons. The summed E-state index contributed by atoms with van der Waals surface area (Å²) in [5.74, 6) is 1.04. The molecule has 0 nitrogen and oxygen atoms in total. The van der Waals surface area contributed by atoms with Crippen LogP contribution in [0.3, 0.4) is 0 Å². The van der Waals surface area contributed by atoms with Crippen molar-refractivity contribution >= 4 is 39.0 Å². The van der Waals surface area contributed by atoms with Crippen LogP contribution in [-0.2, 0) is 5.75 Å². The third kappa shape index (κ3) is 2.90. The van der Waals surface area contributed by atoms with Gasteiger partial charge in [-0.1, -0.05) is 6.07 Å². The largest absolute Gasteiger partial charge is 0.147 e. The standard InChI is InChI=1S/C13H13BrS2/c1-9-3-4-11(7-10(9)2)16-8-13-12(14)5-6-15-13/h3-7H,8H2,1-2H3. The van der Waals surface area contributed by atoms with Gasteiger partial charge in [0.1, 0.15) is 0 Å². The van der Waals surface area contributed by atoms with Gasteiger partial charge in [0.25, 0.3) is 0 Å². The van der Waals surface area contributed by atoms with Crippen molar-refractivity contribution in [2.45, 2.75) is 24.5 Å². The van der Waals surface area contributed by atoms with Gasteiger partial charge >= 0.3 is 0 Å². The zero-order valence-corrected chi connectivity index (χ0v) is 12.5. The summed E-state index contributed by atoms with van der Waals surface area (Å²) in [5.41, 5.74) is 2.73. The van der Waals surface area contributed by atoms with E-state index in [-0.39, 0.29) is 0 Å². The fourth-order valence-corrected chi connectivity index (χ4v) is 4.17. The molecule has 16 heavy (non-hydrogen) atoms. The predicted molar refractivity (Wildman–Crippen MR) is 77.5 cm³/mol. The fraction of sp³-hybridized carbons (Fsp3) is 0.231. The van der Waals surface area contributed by atoms with Crippen molar-refractivity contribution < 1.29 is 0 Å². The van der Waals surface area contributed by atoms with Gasteiger partial charge in [-0.25, -0.2) is 0 Å². The summed E-state index contributed by atoms with van der Waals surface area (Å²) in [7, 11) is 0. The van der Waals surface area contributed by atoms with Gasteiger partial charge in [-0.05, 0) is 64.5 Å². The molecule has 0 spiro atoms. The molecule has 0 fully saturated rings. The monoisotopic (exact) mass is 312 g/mol. The lowest BCUT2D eigenvalue weighted by molar-refractivity contribution is 1.27. The van der Waals surface area contributed by atoms with E-state index in [9.17, 15) is 0 Å². The van der Waals surface area contributed by atoms with Gasteiger partial charge < -0.3 is 0 Å². The Bertz CT molecular complexity index is 488. The molecule has 0 amide bonds. The van der Waals surface area contributed by atoms with Crippen molar-refractivity contribution in [1.82, 2.24) is 0 Å². The molecule has 3 heteroatoms. The molecular formula is C13H13BrS2. The Morgan fingerprint density at radius 3 is 2.62 bits per heavy atom. The lowest BCUT2D eigenvalue weighted by atomic mass is 10.1. The molecule has 0 aliphatic rings. The smallest absolute Gasteiger partial charge is 0.0337 e. The average molecular weight is 313 g/mol. The first kappa shape index (κ1) is 12.2. The van der Waals surface area contributed by atoms with Crippen LogP contribution in [0, 0.1) is 13.8 Å². The van der Waals surface area contributed by atoms with Gasteiger partial charge in [0.05, 0.1) is 0 Å². The Kier molecular flexibility index (Phi) is 4.11. The van der Waals surface area contributed by atoms with E-state index in [1.165, 1.54) is 25.4 Å². The molecule has 0 atom stereocenters. The van der Waals surface area contributed by atoms with Crippen LogP contribution < -0.4 is 0 Å². The second-order valence-electron chi connectivity index (χ2n) is 3.73. The maximum absolute atomic E-state index is 3.56. The summed E-state index contributed by atoms with van der Waals surface area (Å²) < 4.78 is 1.23. The molecule has 0 aliphatic heterocycles. The number of thioether (sulfide) groups is 1. The Hall–Kier alpha value is -0.250. The zero-order chi connectivity index (χ0) is 11.5. The number of hydrogen-bond donors (Lipinski definition) is 0. The maximum Gasteiger partial charge on any atom is 0.0337 e. The Balaban J connectivity index is 2.05. The summed E-state index contributed by atoms with van der Waals surface area (Å²) in [6.07, 6.45) is 0. The van der Waals surface area contributed by atoms with Crippen molar-refractivity contribution in [1.29, 1.82) is 0 Å². The Labute approximate surface area is 113 Å². The molecule has 0 aliphatic carbocycles. The van der Waals surface area contributed by atoms with Gasteiger partial charge in [0.15, 0.2) is 0 Å². The minimum absolute atomic E-state index is 1.04. The van der Waals surface area contributed by atoms with E-state index in [2.05, 4.69) is 59.4 Å². The molecule has 1 aromatic heterocycles. The van der Waals surface area contributed by atoms with Crippen LogP contribution in [0.4, 0.5) is 0 Å². The van der Waals surface area contributed by atoms with Gasteiger partial charge in [0.2, 0.25) is 0 Å². The molecule has 0 bridgehead atoms. The molecule has 0 unspecified atom stereocenters. The molecule has 1 aromatic carbocycles. The van der Waals surface area contributed by atoms with Crippen molar-refractivity contribution in [3.05, 3.63) is 50.1 Å². The van der Waals surface area contributed by atoms with Crippen molar-refractivity contribution in [3.63, 3.8) is 0 Å². The fourth-order valence-electron chi connectivity index (χ4n) is 1.38. The molecule has 0 N–H and O–H groups in total. The van der Waals surface area contributed by atoms with Crippen LogP contribution in [0.25, 0.3) is 0 Å². The van der Waals surface area contributed by atoms with Crippen LogP contribution in [-0.4, -0.2) is 0 Å². The highest BCUT2D eigenvalue weighted by atomic mass is 79.9. The quantitative estimate of drug-likeness (QED) is 0.682. The van der Waals surface area contributed by atoms with E-state index in [1.54, 1.807) is 0 Å². The zero-order valence-electron chi connectivity index (χ0n) is 9.29. The topological polar surface area (TPSA) is 0 Å². The number of rotatable bonds is 3. The minimum atomic E-state index is 1.04. The van der Waals surface area contributed by atoms with Crippen molar-refractivity contribution in [3.8, 4) is 0 Å². The second kappa shape index (κ2) is 5.39. The van der Waals surface area contributed by atoms with Crippen LogP contribution in [0.5, 0.6) is 0 Å². The molecule has 1 heterocycles. The van der Waals surface area contributed by atoms with Gasteiger partial charge in [-0.3, -0.25) is 0 Å². The minimum Gasteiger partial charge on any atom is -0.147 e. The SMILES string of the molecule is Cc1ccc(SCc2sccc2Br)cc1C. The first-order valence-electron chi connectivity index (χ1n) is 5.09. The maximum atomic E-state index is 3.56. The van der Waals surface area contributed by atoms with Crippen LogP contribution in [0.15, 0.2) is 39.0 Å². The molecule has 2 rings (SSSR count). The summed E-state index contributed by atoms with van der Waals surface area (Å²) in [6, 6.07) is 8.78. The number of hydrogen-bond acceptors (Lipinski definition) is 2. The molecule has 84 valence electrons. The third-order valence-electron chi connectivity index (χ3n) is 2.54. The van der Waals surface area contributed by atoms with Crippen LogP contribution in [0.2, 0.25) is 0 Å². The first-order valence-corrected chi connectivity index (χ1v) is 7.74. The summed E-state index contributed by atoms with van der Waals surface area (Å²) >= 11 is 7.27. The van der Waals surface area contributed by atoms with E-state index in [1.807, 2.05) is 23.1 Å². The highest BCUT2D eigenvalue weighted by Gasteiger charge is 2.03. The molecule has 0 saturated heterocycles. The summed E-state index contributed by atoms with van der Waals surface area (Å²) in [4.78, 5) is 2.76. The van der Waals surface area contributed by atoms with Crippen molar-refractivity contribution in [2.75, 3.05) is 0 Å². The molecule has 2 aromatic rings. The van der Waals surface area contributed by atoms with Gasteiger partial charge in [-0.2, -0.15) is 0 Å². The first-order chi connectivity index (χ1) is 7.66. The summed E-state index contributed by atoms with van der Waals surface area (Å²) in [5, 5.41) is 2.13. The van der Waals surface area contributed by atoms with E-state index in [4.69, 9.17) is 0 Å². The van der Waals surface area contributed by atoms with E-state index in [0.717, 1.165) is 5.75 Å². The van der Waals surface area contributed by atoms with Crippen molar-refractivity contribution in [2.24, 2.45) is 0 Å². The lowest BCUT2D eigenvalue weighted by Crippen LogP contribution is -1.82. The highest BCUT2D eigenvalue weighted by Crippen LogP contribution is 2.31. The number of thiophene rings is 1. The Morgan fingerprint density at radius 2 is 2.00 bits per heavy atom. The third-order valence-corrected chi connectivity index (χ3v) is 5.67. The number of benzene rings is 1. The number of halogens is 1. The van der Waals surface area contributed by atoms with Crippen LogP contribution >= 0.6 is 39.0 Å². The van der Waals surface area contributed by atoms with Crippen LogP contribution in [0.1, 0.15) is 16.0 Å². The second-order valence-corrected chi connectivity index (χ2v) is 6.63. The van der Waals surface area contributed by atoms with E-state index < -0.39 is 0 Å². The van der Waals surface area contributed by atoms with E-state index in [0.29, 0.717) is 0 Å². The molecule has 0 saturated carbocycles. The number of aryl methyl sites for hydroxylation is 2. The summed E-state index contributed by atoms with van der Waals surface area (Å²) in [6.45, 7) is 4.32. The van der Waals surface area contributed by atoms with E-state index >= 15 is 0 Å². The average Bonchev–Trinajstić information content (AvgIpc) is 2.66. The predicted octanol–water partition coefficient (Wildman–Crippen LogP) is 5.42. The Morgan fingerprint density at radius 1 is 1.19 bits per heavy atom. The normalized spacial score (nSPS) is 10.7. The lowest BCUT2D eigenvalue weighted by Gasteiger charge is -2.04.